The van der Waals surface area contributed by atoms with Gasteiger partial charge in [-0.15, -0.1) is 0 Å². The molecule has 1 N–H and O–H groups in total. The molecule has 0 atom stereocenters. The van der Waals surface area contributed by atoms with Crippen LogP contribution in [0.1, 0.15) is 22.3 Å². The summed E-state index contributed by atoms with van der Waals surface area (Å²) in [5.41, 5.74) is 4.84. The fraction of sp³-hybridized carbons (Fsp3) is 0.294. The SMILES string of the molecule is CNCc1cc(Cl)ccc1OCc1ccc(C)c(C)c1. The van der Waals surface area contributed by atoms with E-state index in [2.05, 4.69) is 37.4 Å². The van der Waals surface area contributed by atoms with Crippen LogP contribution in [-0.4, -0.2) is 7.05 Å². The number of hydrogen-bond donors (Lipinski definition) is 1. The molecule has 0 heterocycles. The van der Waals surface area contributed by atoms with Crippen LogP contribution in [0.5, 0.6) is 5.75 Å². The van der Waals surface area contributed by atoms with Crippen molar-refractivity contribution in [3.05, 3.63) is 63.7 Å². The van der Waals surface area contributed by atoms with Gasteiger partial charge in [0.25, 0.3) is 0 Å². The Kier molecular flexibility index (Phi) is 5.05. The molecule has 0 fully saturated rings. The van der Waals surface area contributed by atoms with Crippen molar-refractivity contribution in [1.82, 2.24) is 5.32 Å². The van der Waals surface area contributed by atoms with Gasteiger partial charge in [0.15, 0.2) is 0 Å². The van der Waals surface area contributed by atoms with E-state index >= 15 is 0 Å². The highest BCUT2D eigenvalue weighted by molar-refractivity contribution is 6.30. The molecule has 0 saturated heterocycles. The van der Waals surface area contributed by atoms with Gasteiger partial charge in [-0.2, -0.15) is 0 Å². The van der Waals surface area contributed by atoms with Crippen molar-refractivity contribution in [3.63, 3.8) is 0 Å². The molecule has 0 unspecified atom stereocenters. The molecular formula is C17H20ClNO. The molecule has 0 aliphatic heterocycles. The van der Waals surface area contributed by atoms with Crippen LogP contribution in [0.15, 0.2) is 36.4 Å². The second kappa shape index (κ2) is 6.78. The number of benzene rings is 2. The maximum atomic E-state index is 6.02. The maximum Gasteiger partial charge on any atom is 0.124 e. The van der Waals surface area contributed by atoms with Gasteiger partial charge in [0, 0.05) is 17.1 Å². The summed E-state index contributed by atoms with van der Waals surface area (Å²) in [7, 11) is 1.91. The van der Waals surface area contributed by atoms with Crippen LogP contribution < -0.4 is 10.1 Å². The van der Waals surface area contributed by atoms with Crippen LogP contribution in [0, 0.1) is 13.8 Å². The first-order chi connectivity index (χ1) is 9.60. The van der Waals surface area contributed by atoms with E-state index in [9.17, 15) is 0 Å². The summed E-state index contributed by atoms with van der Waals surface area (Å²) in [4.78, 5) is 0. The zero-order valence-electron chi connectivity index (χ0n) is 12.2. The molecule has 0 aliphatic rings. The first-order valence-corrected chi connectivity index (χ1v) is 7.10. The summed E-state index contributed by atoms with van der Waals surface area (Å²) < 4.78 is 5.93. The van der Waals surface area contributed by atoms with Crippen LogP contribution in [-0.2, 0) is 13.2 Å². The van der Waals surface area contributed by atoms with Gasteiger partial charge in [0.1, 0.15) is 12.4 Å². The Labute approximate surface area is 125 Å². The third kappa shape index (κ3) is 3.75. The van der Waals surface area contributed by atoms with Crippen LogP contribution in [0.2, 0.25) is 5.02 Å². The Morgan fingerprint density at radius 1 is 1.05 bits per heavy atom. The average molecular weight is 290 g/mol. The molecule has 0 amide bonds. The topological polar surface area (TPSA) is 21.3 Å². The lowest BCUT2D eigenvalue weighted by Crippen LogP contribution is -2.07. The summed E-state index contributed by atoms with van der Waals surface area (Å²) in [6.45, 7) is 5.54. The molecule has 0 spiro atoms. The molecule has 2 nitrogen and oxygen atoms in total. The smallest absolute Gasteiger partial charge is 0.124 e. The van der Waals surface area contributed by atoms with E-state index in [0.717, 1.165) is 22.9 Å². The average Bonchev–Trinajstić information content (AvgIpc) is 2.42. The minimum atomic E-state index is 0.569. The van der Waals surface area contributed by atoms with E-state index in [1.807, 2.05) is 25.2 Å². The van der Waals surface area contributed by atoms with Crippen molar-refractivity contribution >= 4 is 11.6 Å². The fourth-order valence-corrected chi connectivity index (χ4v) is 2.27. The third-order valence-electron chi connectivity index (χ3n) is 3.36. The van der Waals surface area contributed by atoms with Crippen molar-refractivity contribution in [1.29, 1.82) is 0 Å². The van der Waals surface area contributed by atoms with Crippen molar-refractivity contribution in [2.45, 2.75) is 27.0 Å². The first-order valence-electron chi connectivity index (χ1n) is 6.72. The Balaban J connectivity index is 2.11. The van der Waals surface area contributed by atoms with E-state index < -0.39 is 0 Å². The molecular weight excluding hydrogens is 270 g/mol. The van der Waals surface area contributed by atoms with Crippen LogP contribution in [0.4, 0.5) is 0 Å². The lowest BCUT2D eigenvalue weighted by Gasteiger charge is -2.12. The van der Waals surface area contributed by atoms with Crippen molar-refractivity contribution in [2.24, 2.45) is 0 Å². The number of aryl methyl sites for hydroxylation is 2. The molecule has 2 aromatic rings. The van der Waals surface area contributed by atoms with Gasteiger partial charge >= 0.3 is 0 Å². The first kappa shape index (κ1) is 14.9. The lowest BCUT2D eigenvalue weighted by molar-refractivity contribution is 0.302. The van der Waals surface area contributed by atoms with Crippen molar-refractivity contribution < 1.29 is 4.74 Å². The van der Waals surface area contributed by atoms with Crippen LogP contribution in [0.25, 0.3) is 0 Å². The molecule has 20 heavy (non-hydrogen) atoms. The highest BCUT2D eigenvalue weighted by Crippen LogP contribution is 2.24. The van der Waals surface area contributed by atoms with Gasteiger partial charge in [-0.1, -0.05) is 29.8 Å². The summed E-state index contributed by atoms with van der Waals surface area (Å²) in [6.07, 6.45) is 0. The predicted octanol–water partition coefficient (Wildman–Crippen LogP) is 4.26. The molecule has 106 valence electrons. The largest absolute Gasteiger partial charge is 0.489 e. The molecule has 3 heteroatoms. The van der Waals surface area contributed by atoms with E-state index in [0.29, 0.717) is 6.61 Å². The maximum absolute atomic E-state index is 6.02. The quantitative estimate of drug-likeness (QED) is 0.888. The van der Waals surface area contributed by atoms with E-state index in [-0.39, 0.29) is 0 Å². The Hall–Kier alpha value is -1.51. The molecule has 0 aliphatic carbocycles. The van der Waals surface area contributed by atoms with E-state index in [1.54, 1.807) is 0 Å². The van der Waals surface area contributed by atoms with Crippen LogP contribution >= 0.6 is 11.6 Å². The van der Waals surface area contributed by atoms with Crippen molar-refractivity contribution in [3.8, 4) is 5.75 Å². The van der Waals surface area contributed by atoms with Gasteiger partial charge in [-0.3, -0.25) is 0 Å². The number of rotatable bonds is 5. The standard InChI is InChI=1S/C17H20ClNO/c1-12-4-5-14(8-13(12)2)11-20-17-7-6-16(18)9-15(17)10-19-3/h4-9,19H,10-11H2,1-3H3. The number of ether oxygens (including phenoxy) is 1. The monoisotopic (exact) mass is 289 g/mol. The zero-order chi connectivity index (χ0) is 14.5. The molecule has 2 aromatic carbocycles. The molecule has 0 radical (unpaired) electrons. The predicted molar refractivity (Wildman–Crippen MR) is 84.5 cm³/mol. The molecule has 0 saturated carbocycles. The lowest BCUT2D eigenvalue weighted by atomic mass is 10.1. The molecule has 2 rings (SSSR count). The second-order valence-corrected chi connectivity index (χ2v) is 5.43. The molecule has 0 aromatic heterocycles. The zero-order valence-corrected chi connectivity index (χ0v) is 12.9. The number of halogens is 1. The minimum absolute atomic E-state index is 0.569. The third-order valence-corrected chi connectivity index (χ3v) is 3.59. The normalized spacial score (nSPS) is 10.6. The highest BCUT2D eigenvalue weighted by Gasteiger charge is 2.05. The van der Waals surface area contributed by atoms with Gasteiger partial charge in [0.05, 0.1) is 0 Å². The number of nitrogens with one attached hydrogen (secondary N) is 1. The van der Waals surface area contributed by atoms with E-state index in [1.165, 1.54) is 16.7 Å². The van der Waals surface area contributed by atoms with Crippen LogP contribution in [0.3, 0.4) is 0 Å². The summed E-state index contributed by atoms with van der Waals surface area (Å²) in [5, 5.41) is 3.86. The second-order valence-electron chi connectivity index (χ2n) is 4.99. The van der Waals surface area contributed by atoms with Gasteiger partial charge in [-0.25, -0.2) is 0 Å². The summed E-state index contributed by atoms with van der Waals surface area (Å²) in [6, 6.07) is 12.1. The van der Waals surface area contributed by atoms with Crippen molar-refractivity contribution in [2.75, 3.05) is 7.05 Å². The van der Waals surface area contributed by atoms with Gasteiger partial charge in [-0.05, 0) is 55.8 Å². The van der Waals surface area contributed by atoms with E-state index in [4.69, 9.17) is 16.3 Å². The Morgan fingerprint density at radius 3 is 2.55 bits per heavy atom. The van der Waals surface area contributed by atoms with Gasteiger partial charge in [0.2, 0.25) is 0 Å². The Bertz CT molecular complexity index is 596. The molecule has 0 bridgehead atoms. The summed E-state index contributed by atoms with van der Waals surface area (Å²) in [5.74, 6) is 0.877. The highest BCUT2D eigenvalue weighted by atomic mass is 35.5. The fourth-order valence-electron chi connectivity index (χ4n) is 2.07. The Morgan fingerprint density at radius 2 is 1.85 bits per heavy atom. The minimum Gasteiger partial charge on any atom is -0.489 e. The number of hydrogen-bond acceptors (Lipinski definition) is 2. The summed E-state index contributed by atoms with van der Waals surface area (Å²) >= 11 is 6.02. The van der Waals surface area contributed by atoms with Gasteiger partial charge < -0.3 is 10.1 Å².